The summed E-state index contributed by atoms with van der Waals surface area (Å²) in [5, 5.41) is 4.57. The highest BCUT2D eigenvalue weighted by molar-refractivity contribution is 7.18. The minimum atomic E-state index is 0.157. The van der Waals surface area contributed by atoms with Gasteiger partial charge in [-0.15, -0.1) is 22.9 Å². The van der Waals surface area contributed by atoms with Crippen LogP contribution in [0.5, 0.6) is 0 Å². The SMILES string of the molecule is ClCC(NCc1nc2ccccc2s1)c1ccccc1. The number of nitrogens with zero attached hydrogens (tertiary/aromatic N) is 1. The Hall–Kier alpha value is -1.42. The fraction of sp³-hybridized carbons (Fsp3) is 0.188. The zero-order chi connectivity index (χ0) is 13.8. The summed E-state index contributed by atoms with van der Waals surface area (Å²) in [6.45, 7) is 0.742. The molecule has 102 valence electrons. The van der Waals surface area contributed by atoms with Gasteiger partial charge in [-0.2, -0.15) is 0 Å². The predicted octanol–water partition coefficient (Wildman–Crippen LogP) is 4.37. The molecule has 1 atom stereocenters. The fourth-order valence-corrected chi connectivity index (χ4v) is 3.36. The second-order valence-corrected chi connectivity index (χ2v) is 6.00. The van der Waals surface area contributed by atoms with Crippen LogP contribution in [0.2, 0.25) is 0 Å². The Kier molecular flexibility index (Phi) is 4.31. The molecule has 4 heteroatoms. The summed E-state index contributed by atoms with van der Waals surface area (Å²) in [4.78, 5) is 4.63. The molecule has 0 aliphatic heterocycles. The lowest BCUT2D eigenvalue weighted by molar-refractivity contribution is 0.578. The number of hydrogen-bond donors (Lipinski definition) is 1. The molecule has 0 amide bonds. The van der Waals surface area contributed by atoms with E-state index in [4.69, 9.17) is 11.6 Å². The smallest absolute Gasteiger partial charge is 0.108 e. The largest absolute Gasteiger partial charge is 0.302 e. The summed E-state index contributed by atoms with van der Waals surface area (Å²) in [5.41, 5.74) is 2.28. The van der Waals surface area contributed by atoms with E-state index < -0.39 is 0 Å². The highest BCUT2D eigenvalue weighted by Gasteiger charge is 2.10. The van der Waals surface area contributed by atoms with Crippen LogP contribution in [0.3, 0.4) is 0 Å². The number of para-hydroxylation sites is 1. The molecular formula is C16H15ClN2S. The van der Waals surface area contributed by atoms with Gasteiger partial charge in [-0.05, 0) is 17.7 Å². The van der Waals surface area contributed by atoms with Gasteiger partial charge in [-0.1, -0.05) is 42.5 Å². The van der Waals surface area contributed by atoms with Gasteiger partial charge in [0.15, 0.2) is 0 Å². The second-order valence-electron chi connectivity index (χ2n) is 4.57. The van der Waals surface area contributed by atoms with Crippen molar-refractivity contribution in [3.05, 3.63) is 65.2 Å². The number of alkyl halides is 1. The molecule has 1 aromatic heterocycles. The van der Waals surface area contributed by atoms with Crippen LogP contribution >= 0.6 is 22.9 Å². The lowest BCUT2D eigenvalue weighted by Gasteiger charge is -2.15. The second kappa shape index (κ2) is 6.35. The highest BCUT2D eigenvalue weighted by atomic mass is 35.5. The average Bonchev–Trinajstić information content (AvgIpc) is 2.92. The van der Waals surface area contributed by atoms with Gasteiger partial charge in [-0.25, -0.2) is 4.98 Å². The lowest BCUT2D eigenvalue weighted by Crippen LogP contribution is -2.22. The van der Waals surface area contributed by atoms with E-state index in [-0.39, 0.29) is 6.04 Å². The number of hydrogen-bond acceptors (Lipinski definition) is 3. The molecule has 0 spiro atoms. The third-order valence-electron chi connectivity index (χ3n) is 3.19. The van der Waals surface area contributed by atoms with Crippen LogP contribution in [0.4, 0.5) is 0 Å². The Labute approximate surface area is 127 Å². The number of rotatable bonds is 5. The molecule has 0 saturated carbocycles. The number of halogens is 1. The normalized spacial score (nSPS) is 12.7. The standard InChI is InChI=1S/C16H15ClN2S/c17-10-14(12-6-2-1-3-7-12)18-11-16-19-13-8-4-5-9-15(13)20-16/h1-9,14,18H,10-11H2. The van der Waals surface area contributed by atoms with E-state index in [9.17, 15) is 0 Å². The van der Waals surface area contributed by atoms with Gasteiger partial charge >= 0.3 is 0 Å². The molecule has 2 aromatic carbocycles. The number of thiazole rings is 1. The van der Waals surface area contributed by atoms with E-state index in [1.165, 1.54) is 10.3 Å². The molecule has 0 fully saturated rings. The van der Waals surface area contributed by atoms with Crippen molar-refractivity contribution >= 4 is 33.2 Å². The maximum Gasteiger partial charge on any atom is 0.108 e. The maximum absolute atomic E-state index is 6.07. The average molecular weight is 303 g/mol. The Bertz CT molecular complexity index is 648. The number of fused-ring (bicyclic) bond motifs is 1. The summed E-state index contributed by atoms with van der Waals surface area (Å²) in [7, 11) is 0. The Morgan fingerprint density at radius 3 is 2.55 bits per heavy atom. The van der Waals surface area contributed by atoms with Gasteiger partial charge in [0, 0.05) is 18.5 Å². The van der Waals surface area contributed by atoms with Crippen molar-refractivity contribution in [2.24, 2.45) is 0 Å². The van der Waals surface area contributed by atoms with Crippen molar-refractivity contribution in [1.29, 1.82) is 0 Å². The first-order valence-corrected chi connectivity index (χ1v) is 7.90. The minimum absolute atomic E-state index is 0.157. The van der Waals surface area contributed by atoms with Crippen molar-refractivity contribution in [2.45, 2.75) is 12.6 Å². The zero-order valence-electron chi connectivity index (χ0n) is 10.9. The third kappa shape index (κ3) is 3.01. The molecule has 0 aliphatic rings. The number of aromatic nitrogens is 1. The van der Waals surface area contributed by atoms with E-state index in [2.05, 4.69) is 28.5 Å². The van der Waals surface area contributed by atoms with Crippen LogP contribution < -0.4 is 5.32 Å². The van der Waals surface area contributed by atoms with E-state index in [0.29, 0.717) is 5.88 Å². The fourth-order valence-electron chi connectivity index (χ4n) is 2.15. The Morgan fingerprint density at radius 1 is 1.05 bits per heavy atom. The van der Waals surface area contributed by atoms with E-state index in [0.717, 1.165) is 17.1 Å². The zero-order valence-corrected chi connectivity index (χ0v) is 12.5. The van der Waals surface area contributed by atoms with Gasteiger partial charge in [0.25, 0.3) is 0 Å². The molecule has 0 bridgehead atoms. The Balaban J connectivity index is 1.71. The van der Waals surface area contributed by atoms with Crippen LogP contribution in [-0.4, -0.2) is 10.9 Å². The van der Waals surface area contributed by atoms with Crippen LogP contribution in [-0.2, 0) is 6.54 Å². The van der Waals surface area contributed by atoms with Crippen molar-refractivity contribution in [3.63, 3.8) is 0 Å². The maximum atomic E-state index is 6.07. The van der Waals surface area contributed by atoms with Crippen molar-refractivity contribution < 1.29 is 0 Å². The van der Waals surface area contributed by atoms with E-state index in [1.54, 1.807) is 11.3 Å². The van der Waals surface area contributed by atoms with Crippen LogP contribution in [0.1, 0.15) is 16.6 Å². The first-order valence-electron chi connectivity index (χ1n) is 6.55. The van der Waals surface area contributed by atoms with Crippen molar-refractivity contribution in [3.8, 4) is 0 Å². The molecule has 0 saturated heterocycles. The van der Waals surface area contributed by atoms with Gasteiger partial charge in [0.05, 0.1) is 10.2 Å². The number of benzene rings is 2. The van der Waals surface area contributed by atoms with Gasteiger partial charge in [-0.3, -0.25) is 0 Å². The van der Waals surface area contributed by atoms with Crippen molar-refractivity contribution in [1.82, 2.24) is 10.3 Å². The number of nitrogens with one attached hydrogen (secondary N) is 1. The molecule has 3 rings (SSSR count). The summed E-state index contributed by atoms with van der Waals surface area (Å²) >= 11 is 7.80. The minimum Gasteiger partial charge on any atom is -0.302 e. The van der Waals surface area contributed by atoms with Crippen molar-refractivity contribution in [2.75, 3.05) is 5.88 Å². The first-order chi connectivity index (χ1) is 9.86. The highest BCUT2D eigenvalue weighted by Crippen LogP contribution is 2.22. The Morgan fingerprint density at radius 2 is 1.80 bits per heavy atom. The summed E-state index contributed by atoms with van der Waals surface area (Å²) in [6, 6.07) is 18.7. The molecule has 2 nitrogen and oxygen atoms in total. The van der Waals surface area contributed by atoms with Gasteiger partial charge < -0.3 is 5.32 Å². The summed E-state index contributed by atoms with van der Waals surface area (Å²) < 4.78 is 1.23. The molecule has 1 unspecified atom stereocenters. The molecule has 0 aliphatic carbocycles. The molecule has 0 radical (unpaired) electrons. The molecule has 1 N–H and O–H groups in total. The monoisotopic (exact) mass is 302 g/mol. The molecule has 1 heterocycles. The predicted molar refractivity (Wildman–Crippen MR) is 86.4 cm³/mol. The van der Waals surface area contributed by atoms with Gasteiger partial charge in [0.1, 0.15) is 5.01 Å². The summed E-state index contributed by atoms with van der Waals surface area (Å²) in [5.74, 6) is 0.551. The molecule has 20 heavy (non-hydrogen) atoms. The quantitative estimate of drug-likeness (QED) is 0.708. The van der Waals surface area contributed by atoms with E-state index in [1.807, 2.05) is 36.4 Å². The molecule has 3 aromatic rings. The van der Waals surface area contributed by atoms with Gasteiger partial charge in [0.2, 0.25) is 0 Å². The lowest BCUT2D eigenvalue weighted by atomic mass is 10.1. The van der Waals surface area contributed by atoms with E-state index >= 15 is 0 Å². The first kappa shape index (κ1) is 13.6. The third-order valence-corrected chi connectivity index (χ3v) is 4.54. The topological polar surface area (TPSA) is 24.9 Å². The summed E-state index contributed by atoms with van der Waals surface area (Å²) in [6.07, 6.45) is 0. The van der Waals surface area contributed by atoms with Crippen LogP contribution in [0.25, 0.3) is 10.2 Å². The molecular weight excluding hydrogens is 288 g/mol. The van der Waals surface area contributed by atoms with Crippen LogP contribution in [0, 0.1) is 0 Å². The van der Waals surface area contributed by atoms with Crippen LogP contribution in [0.15, 0.2) is 54.6 Å².